The van der Waals surface area contributed by atoms with Gasteiger partial charge in [-0.3, -0.25) is 0 Å². The van der Waals surface area contributed by atoms with Gasteiger partial charge in [-0.05, 0) is 69.0 Å². The molecule has 2 unspecified atom stereocenters. The molecule has 4 N–H and O–H groups in total. The molecule has 2 atom stereocenters. The molecular formula is C24H34N6O3. The summed E-state index contributed by atoms with van der Waals surface area (Å²) in [7, 11) is 1.55. The Kier molecular flexibility index (Phi) is 7.42. The van der Waals surface area contributed by atoms with Crippen LogP contribution in [0.1, 0.15) is 42.4 Å². The molecule has 0 radical (unpaired) electrons. The van der Waals surface area contributed by atoms with Gasteiger partial charge in [0.15, 0.2) is 0 Å². The summed E-state index contributed by atoms with van der Waals surface area (Å²) < 4.78 is 11.1. The number of benzene rings is 1. The number of aliphatic hydroxyl groups excluding tert-OH is 1. The Morgan fingerprint density at radius 3 is 2.79 bits per heavy atom. The van der Waals surface area contributed by atoms with Crippen LogP contribution in [0.3, 0.4) is 0 Å². The van der Waals surface area contributed by atoms with Crippen molar-refractivity contribution in [2.24, 2.45) is 0 Å². The molecule has 4 rings (SSSR count). The monoisotopic (exact) mass is 454 g/mol. The summed E-state index contributed by atoms with van der Waals surface area (Å²) in [6.07, 6.45) is 3.33. The normalized spacial score (nSPS) is 21.6. The first-order chi connectivity index (χ1) is 16.0. The summed E-state index contributed by atoms with van der Waals surface area (Å²) in [5.41, 5.74) is 4.19. The number of piperidine rings is 1. The highest BCUT2D eigenvalue weighted by molar-refractivity contribution is 5.88. The molecule has 2 saturated heterocycles. The Balaban J connectivity index is 1.67. The van der Waals surface area contributed by atoms with Gasteiger partial charge in [-0.15, -0.1) is 0 Å². The number of ether oxygens (including phenoxy) is 2. The smallest absolute Gasteiger partial charge is 0.320 e. The third kappa shape index (κ3) is 5.26. The van der Waals surface area contributed by atoms with Crippen molar-refractivity contribution in [1.82, 2.24) is 15.3 Å². The molecule has 2 aliphatic heterocycles. The molecule has 33 heavy (non-hydrogen) atoms. The van der Waals surface area contributed by atoms with Crippen LogP contribution in [0.25, 0.3) is 0 Å². The number of nitrogens with zero attached hydrogens (tertiary/aromatic N) is 3. The van der Waals surface area contributed by atoms with Crippen LogP contribution in [0.15, 0.2) is 18.2 Å². The minimum atomic E-state index is -0.257. The summed E-state index contributed by atoms with van der Waals surface area (Å²) in [6, 6.07) is 6.48. The number of aliphatic hydroxyl groups is 1. The van der Waals surface area contributed by atoms with Crippen molar-refractivity contribution in [3.8, 4) is 6.01 Å². The van der Waals surface area contributed by atoms with E-state index in [2.05, 4.69) is 51.5 Å². The fourth-order valence-corrected chi connectivity index (χ4v) is 4.65. The molecule has 3 heterocycles. The van der Waals surface area contributed by atoms with E-state index >= 15 is 0 Å². The zero-order valence-corrected chi connectivity index (χ0v) is 19.6. The predicted molar refractivity (Wildman–Crippen MR) is 129 cm³/mol. The van der Waals surface area contributed by atoms with Crippen molar-refractivity contribution in [3.05, 3.63) is 34.9 Å². The number of rotatable bonds is 7. The van der Waals surface area contributed by atoms with Crippen LogP contribution in [0, 0.1) is 12.3 Å². The lowest BCUT2D eigenvalue weighted by atomic mass is 9.86. The van der Waals surface area contributed by atoms with Gasteiger partial charge in [0, 0.05) is 30.1 Å². The highest BCUT2D eigenvalue weighted by atomic mass is 16.5. The van der Waals surface area contributed by atoms with Crippen LogP contribution in [-0.2, 0) is 4.74 Å². The van der Waals surface area contributed by atoms with Crippen LogP contribution >= 0.6 is 0 Å². The molecule has 178 valence electrons. The predicted octanol–water partition coefficient (Wildman–Crippen LogP) is 2.59. The van der Waals surface area contributed by atoms with Crippen LogP contribution < -0.4 is 20.3 Å². The van der Waals surface area contributed by atoms with Gasteiger partial charge in [0.1, 0.15) is 11.6 Å². The molecule has 0 saturated carbocycles. The van der Waals surface area contributed by atoms with E-state index < -0.39 is 0 Å². The zero-order chi connectivity index (χ0) is 23.4. The van der Waals surface area contributed by atoms with Crippen LogP contribution in [0.4, 0.5) is 17.3 Å². The second kappa shape index (κ2) is 10.5. The van der Waals surface area contributed by atoms with Crippen molar-refractivity contribution in [2.75, 3.05) is 50.2 Å². The van der Waals surface area contributed by atoms with E-state index in [1.54, 1.807) is 7.11 Å². The van der Waals surface area contributed by atoms with Gasteiger partial charge >= 0.3 is 6.01 Å². The number of methoxy groups -OCH3 is 1. The molecule has 1 aromatic carbocycles. The zero-order valence-electron chi connectivity index (χ0n) is 19.6. The molecule has 9 heteroatoms. The summed E-state index contributed by atoms with van der Waals surface area (Å²) in [4.78, 5) is 11.2. The van der Waals surface area contributed by atoms with Crippen LogP contribution in [-0.4, -0.2) is 73.4 Å². The van der Waals surface area contributed by atoms with Gasteiger partial charge in [-0.1, -0.05) is 0 Å². The van der Waals surface area contributed by atoms with Crippen LogP contribution in [0.2, 0.25) is 0 Å². The maximum absolute atomic E-state index is 9.56. The third-order valence-corrected chi connectivity index (χ3v) is 6.51. The highest BCUT2D eigenvalue weighted by Crippen LogP contribution is 2.33. The Bertz CT molecular complexity index is 979. The number of anilines is 3. The Morgan fingerprint density at radius 2 is 2.09 bits per heavy atom. The number of hydrogen-bond acceptors (Lipinski definition) is 9. The Labute approximate surface area is 195 Å². The highest BCUT2D eigenvalue weighted by Gasteiger charge is 2.28. The average molecular weight is 455 g/mol. The van der Waals surface area contributed by atoms with E-state index in [1.807, 2.05) is 6.07 Å². The summed E-state index contributed by atoms with van der Waals surface area (Å²) in [5, 5.41) is 24.3. The number of aryl methyl sites for hydroxylation is 1. The standard InChI is InChI=1S/C24H34N6O3/c1-15-8-18(11-25)21(9-20(15)17-4-6-26-7-5-17)27-22-10-23(29-24(28-22)32-3)30-12-19(13-31)33-14-16(30)2/h8-11,16-17,19,25-26,31H,4-7,12-14H2,1-3H3,(H,27,28,29). The second-order valence-electron chi connectivity index (χ2n) is 8.83. The lowest BCUT2D eigenvalue weighted by Crippen LogP contribution is -2.50. The van der Waals surface area contributed by atoms with Crippen molar-refractivity contribution in [2.45, 2.75) is 44.8 Å². The quantitative estimate of drug-likeness (QED) is 0.472. The summed E-state index contributed by atoms with van der Waals surface area (Å²) in [6.45, 7) is 7.24. The van der Waals surface area contributed by atoms with Gasteiger partial charge in [0.25, 0.3) is 0 Å². The molecule has 2 aliphatic rings. The van der Waals surface area contributed by atoms with E-state index in [-0.39, 0.29) is 24.8 Å². The van der Waals surface area contributed by atoms with Crippen molar-refractivity contribution < 1.29 is 14.6 Å². The van der Waals surface area contributed by atoms with Crippen molar-refractivity contribution in [1.29, 1.82) is 5.41 Å². The topological polar surface area (TPSA) is 116 Å². The molecule has 0 spiro atoms. The molecule has 1 aromatic heterocycles. The van der Waals surface area contributed by atoms with E-state index in [1.165, 1.54) is 17.3 Å². The number of morpholine rings is 1. The molecule has 2 aromatic rings. The molecule has 2 fully saturated rings. The summed E-state index contributed by atoms with van der Waals surface area (Å²) >= 11 is 0. The minimum absolute atomic E-state index is 0.0396. The number of hydrogen-bond donors (Lipinski definition) is 4. The first-order valence-corrected chi connectivity index (χ1v) is 11.6. The van der Waals surface area contributed by atoms with E-state index in [4.69, 9.17) is 14.9 Å². The van der Waals surface area contributed by atoms with Gasteiger partial charge < -0.3 is 35.5 Å². The molecule has 0 aliphatic carbocycles. The third-order valence-electron chi connectivity index (χ3n) is 6.51. The lowest BCUT2D eigenvalue weighted by molar-refractivity contribution is -0.0106. The van der Waals surface area contributed by atoms with E-state index in [9.17, 15) is 5.11 Å². The van der Waals surface area contributed by atoms with Gasteiger partial charge in [-0.2, -0.15) is 9.97 Å². The van der Waals surface area contributed by atoms with Gasteiger partial charge in [-0.25, -0.2) is 0 Å². The Hall–Kier alpha value is -2.75. The molecule has 9 nitrogen and oxygen atoms in total. The first-order valence-electron chi connectivity index (χ1n) is 11.6. The van der Waals surface area contributed by atoms with Gasteiger partial charge in [0.05, 0.1) is 32.5 Å². The molecule has 0 amide bonds. The van der Waals surface area contributed by atoms with E-state index in [0.717, 1.165) is 37.2 Å². The average Bonchev–Trinajstić information content (AvgIpc) is 2.85. The van der Waals surface area contributed by atoms with Crippen molar-refractivity contribution >= 4 is 23.5 Å². The van der Waals surface area contributed by atoms with Crippen LogP contribution in [0.5, 0.6) is 6.01 Å². The van der Waals surface area contributed by atoms with E-state index in [0.29, 0.717) is 30.7 Å². The maximum atomic E-state index is 9.56. The second-order valence-corrected chi connectivity index (χ2v) is 8.83. The fourth-order valence-electron chi connectivity index (χ4n) is 4.65. The maximum Gasteiger partial charge on any atom is 0.320 e. The molecular weight excluding hydrogens is 420 g/mol. The SMILES string of the molecule is COc1nc(Nc2cc(C3CCNCC3)c(C)cc2C=N)cc(N2CC(CO)OCC2C)n1. The van der Waals surface area contributed by atoms with Crippen molar-refractivity contribution in [3.63, 3.8) is 0 Å². The number of nitrogens with one attached hydrogen (secondary N) is 3. The lowest BCUT2D eigenvalue weighted by Gasteiger charge is -2.38. The fraction of sp³-hybridized carbons (Fsp3) is 0.542. The number of aromatic nitrogens is 2. The molecule has 0 bridgehead atoms. The summed E-state index contributed by atoms with van der Waals surface area (Å²) in [5.74, 6) is 1.81. The van der Waals surface area contributed by atoms with Gasteiger partial charge in [0.2, 0.25) is 0 Å². The first kappa shape index (κ1) is 23.4. The largest absolute Gasteiger partial charge is 0.467 e. The Morgan fingerprint density at radius 1 is 1.30 bits per heavy atom. The minimum Gasteiger partial charge on any atom is -0.467 e.